The molecule has 4 heteroatoms. The summed E-state index contributed by atoms with van der Waals surface area (Å²) in [4.78, 5) is 14.0. The maximum Gasteiger partial charge on any atom is 0.255 e. The van der Waals surface area contributed by atoms with Crippen molar-refractivity contribution in [3.63, 3.8) is 0 Å². The maximum atomic E-state index is 10.3. The molecule has 0 saturated carbocycles. The van der Waals surface area contributed by atoms with E-state index < -0.39 is 5.91 Å². The first-order valence-electron chi connectivity index (χ1n) is 3.10. The Balaban J connectivity index is 2.45. The predicted molar refractivity (Wildman–Crippen MR) is 38.9 cm³/mol. The third-order valence-corrected chi connectivity index (χ3v) is 1.03. The number of nitrogens with zero attached hydrogens (tertiary/aromatic N) is 1. The van der Waals surface area contributed by atoms with E-state index in [2.05, 4.69) is 4.98 Å². The van der Waals surface area contributed by atoms with Gasteiger partial charge in [-0.2, -0.15) is 0 Å². The second kappa shape index (κ2) is 3.55. The van der Waals surface area contributed by atoms with Crippen LogP contribution in [-0.2, 0) is 4.79 Å². The zero-order valence-electron chi connectivity index (χ0n) is 5.86. The van der Waals surface area contributed by atoms with Crippen LogP contribution >= 0.6 is 0 Å². The summed E-state index contributed by atoms with van der Waals surface area (Å²) >= 11 is 0. The predicted octanol–water partition coefficient (Wildman–Crippen LogP) is -0.0543. The Labute approximate surface area is 64.0 Å². The van der Waals surface area contributed by atoms with E-state index in [-0.39, 0.29) is 6.61 Å². The van der Waals surface area contributed by atoms with Gasteiger partial charge in [0.15, 0.2) is 6.61 Å². The van der Waals surface area contributed by atoms with Crippen LogP contribution in [0.5, 0.6) is 5.75 Å². The highest BCUT2D eigenvalue weighted by Gasteiger charge is 1.94. The minimum absolute atomic E-state index is 0.0932. The molecular formula is C7H8N2O2. The van der Waals surface area contributed by atoms with Gasteiger partial charge in [0.2, 0.25) is 0 Å². The molecule has 1 amide bonds. The van der Waals surface area contributed by atoms with Gasteiger partial charge < -0.3 is 10.5 Å². The molecule has 0 aliphatic heterocycles. The number of hydrogen-bond donors (Lipinski definition) is 1. The first kappa shape index (κ1) is 7.53. The average Bonchev–Trinajstić information content (AvgIpc) is 2.03. The number of nitrogens with two attached hydrogens (primary N) is 1. The first-order chi connectivity index (χ1) is 5.29. The smallest absolute Gasteiger partial charge is 0.255 e. The van der Waals surface area contributed by atoms with E-state index in [9.17, 15) is 4.79 Å². The molecule has 0 fully saturated rings. The lowest BCUT2D eigenvalue weighted by Crippen LogP contribution is -2.19. The lowest BCUT2D eigenvalue weighted by molar-refractivity contribution is -0.119. The number of carbonyl (C=O) groups excluding carboxylic acids is 1. The fourth-order valence-corrected chi connectivity index (χ4v) is 0.589. The second-order valence-electron chi connectivity index (χ2n) is 1.94. The van der Waals surface area contributed by atoms with E-state index in [1.165, 1.54) is 0 Å². The minimum Gasteiger partial charge on any atom is -0.484 e. The molecule has 2 N–H and O–H groups in total. The van der Waals surface area contributed by atoms with Gasteiger partial charge >= 0.3 is 0 Å². The minimum atomic E-state index is -0.484. The molecule has 11 heavy (non-hydrogen) atoms. The molecule has 0 radical (unpaired) electrons. The molecule has 0 unspecified atom stereocenters. The maximum absolute atomic E-state index is 10.3. The molecule has 0 atom stereocenters. The largest absolute Gasteiger partial charge is 0.484 e. The van der Waals surface area contributed by atoms with Gasteiger partial charge in [0.1, 0.15) is 5.75 Å². The SMILES string of the molecule is NC(=O)COc1ccncc1. The standard InChI is InChI=1S/C7H8N2O2/c8-7(10)5-11-6-1-3-9-4-2-6/h1-4H,5H2,(H2,8,10). The van der Waals surface area contributed by atoms with Crippen molar-refractivity contribution in [2.75, 3.05) is 6.61 Å². The van der Waals surface area contributed by atoms with Gasteiger partial charge in [-0.05, 0) is 12.1 Å². The van der Waals surface area contributed by atoms with Gasteiger partial charge in [0.05, 0.1) is 0 Å². The highest BCUT2D eigenvalue weighted by atomic mass is 16.5. The van der Waals surface area contributed by atoms with Crippen molar-refractivity contribution in [3.8, 4) is 5.75 Å². The van der Waals surface area contributed by atoms with E-state index >= 15 is 0 Å². The molecule has 0 aliphatic rings. The highest BCUT2D eigenvalue weighted by Crippen LogP contribution is 2.05. The summed E-state index contributed by atoms with van der Waals surface area (Å²) in [6.07, 6.45) is 3.16. The lowest BCUT2D eigenvalue weighted by Gasteiger charge is -2.00. The van der Waals surface area contributed by atoms with Gasteiger partial charge in [-0.1, -0.05) is 0 Å². The highest BCUT2D eigenvalue weighted by molar-refractivity contribution is 5.75. The summed E-state index contributed by atoms with van der Waals surface area (Å²) in [6, 6.07) is 3.31. The molecule has 0 aromatic carbocycles. The Hall–Kier alpha value is -1.58. The van der Waals surface area contributed by atoms with Crippen molar-refractivity contribution in [2.24, 2.45) is 5.73 Å². The van der Waals surface area contributed by atoms with Gasteiger partial charge in [-0.15, -0.1) is 0 Å². The van der Waals surface area contributed by atoms with E-state index in [1.54, 1.807) is 24.5 Å². The van der Waals surface area contributed by atoms with Crippen molar-refractivity contribution in [1.29, 1.82) is 0 Å². The van der Waals surface area contributed by atoms with Crippen LogP contribution < -0.4 is 10.5 Å². The molecule has 1 aromatic rings. The second-order valence-corrected chi connectivity index (χ2v) is 1.94. The van der Waals surface area contributed by atoms with E-state index in [0.717, 1.165) is 0 Å². The van der Waals surface area contributed by atoms with Crippen LogP contribution in [0.1, 0.15) is 0 Å². The molecule has 1 aromatic heterocycles. The van der Waals surface area contributed by atoms with Crippen molar-refractivity contribution >= 4 is 5.91 Å². The molecule has 0 saturated heterocycles. The van der Waals surface area contributed by atoms with Crippen molar-refractivity contribution < 1.29 is 9.53 Å². The van der Waals surface area contributed by atoms with Crippen LogP contribution in [0.4, 0.5) is 0 Å². The van der Waals surface area contributed by atoms with Crippen LogP contribution in [0.25, 0.3) is 0 Å². The summed E-state index contributed by atoms with van der Waals surface area (Å²) in [5, 5.41) is 0. The van der Waals surface area contributed by atoms with Crippen LogP contribution in [-0.4, -0.2) is 17.5 Å². The van der Waals surface area contributed by atoms with E-state index in [0.29, 0.717) is 5.75 Å². The van der Waals surface area contributed by atoms with Crippen molar-refractivity contribution in [1.82, 2.24) is 4.98 Å². The first-order valence-corrected chi connectivity index (χ1v) is 3.10. The Morgan fingerprint density at radius 3 is 2.73 bits per heavy atom. The number of ether oxygens (including phenoxy) is 1. The third kappa shape index (κ3) is 2.66. The van der Waals surface area contributed by atoms with E-state index in [4.69, 9.17) is 10.5 Å². The van der Waals surface area contributed by atoms with Crippen LogP contribution in [0, 0.1) is 0 Å². The number of pyridine rings is 1. The summed E-state index contributed by atoms with van der Waals surface area (Å²) in [5.74, 6) is 0.112. The number of hydrogen-bond acceptors (Lipinski definition) is 3. The Morgan fingerprint density at radius 2 is 2.18 bits per heavy atom. The Bertz CT molecular complexity index is 235. The van der Waals surface area contributed by atoms with Gasteiger partial charge in [-0.25, -0.2) is 0 Å². The fraction of sp³-hybridized carbons (Fsp3) is 0.143. The number of primary amides is 1. The molecule has 0 spiro atoms. The number of aromatic nitrogens is 1. The summed E-state index contributed by atoms with van der Waals surface area (Å²) < 4.78 is 4.95. The zero-order chi connectivity index (χ0) is 8.10. The van der Waals surface area contributed by atoms with Gasteiger partial charge in [0, 0.05) is 12.4 Å². The third-order valence-electron chi connectivity index (χ3n) is 1.03. The number of amides is 1. The summed E-state index contributed by atoms with van der Waals surface area (Å²) in [6.45, 7) is -0.0932. The average molecular weight is 152 g/mol. The quantitative estimate of drug-likeness (QED) is 0.660. The van der Waals surface area contributed by atoms with Gasteiger partial charge in [-0.3, -0.25) is 9.78 Å². The topological polar surface area (TPSA) is 65.2 Å². The molecule has 0 aliphatic carbocycles. The molecule has 0 bridgehead atoms. The monoisotopic (exact) mass is 152 g/mol. The fourth-order valence-electron chi connectivity index (χ4n) is 0.589. The summed E-state index contributed by atoms with van der Waals surface area (Å²) in [5.41, 5.74) is 4.86. The van der Waals surface area contributed by atoms with Crippen LogP contribution in [0.2, 0.25) is 0 Å². The molecule has 58 valence electrons. The Morgan fingerprint density at radius 1 is 1.55 bits per heavy atom. The van der Waals surface area contributed by atoms with Crippen molar-refractivity contribution in [3.05, 3.63) is 24.5 Å². The molecular weight excluding hydrogens is 144 g/mol. The van der Waals surface area contributed by atoms with Gasteiger partial charge in [0.25, 0.3) is 5.91 Å². The Kier molecular flexibility index (Phi) is 2.43. The molecule has 4 nitrogen and oxygen atoms in total. The zero-order valence-corrected chi connectivity index (χ0v) is 5.86. The molecule has 1 heterocycles. The number of carbonyl (C=O) groups is 1. The van der Waals surface area contributed by atoms with E-state index in [1.807, 2.05) is 0 Å². The lowest BCUT2D eigenvalue weighted by atomic mass is 10.4. The summed E-state index contributed by atoms with van der Waals surface area (Å²) in [7, 11) is 0. The van der Waals surface area contributed by atoms with Crippen LogP contribution in [0.3, 0.4) is 0 Å². The van der Waals surface area contributed by atoms with Crippen molar-refractivity contribution in [2.45, 2.75) is 0 Å². The molecule has 1 rings (SSSR count). The number of rotatable bonds is 3. The van der Waals surface area contributed by atoms with Crippen LogP contribution in [0.15, 0.2) is 24.5 Å². The normalized spacial score (nSPS) is 9.09.